The average Bonchev–Trinajstić information content (AvgIpc) is 2.57. The highest BCUT2D eigenvalue weighted by Crippen LogP contribution is 2.32. The molecule has 23 heavy (non-hydrogen) atoms. The van der Waals surface area contributed by atoms with Crippen LogP contribution in [0.25, 0.3) is 0 Å². The molecule has 120 valence electrons. The lowest BCUT2D eigenvalue weighted by atomic mass is 10.1. The Hall–Kier alpha value is -2.53. The van der Waals surface area contributed by atoms with E-state index in [1.807, 2.05) is 37.3 Å². The predicted octanol–water partition coefficient (Wildman–Crippen LogP) is 2.75. The van der Waals surface area contributed by atoms with Crippen LogP contribution in [0.15, 0.2) is 47.5 Å². The fraction of sp³-hybridized carbons (Fsp3) is 0.278. The van der Waals surface area contributed by atoms with E-state index in [-0.39, 0.29) is 6.10 Å². The Morgan fingerprint density at radius 3 is 2.57 bits per heavy atom. The van der Waals surface area contributed by atoms with Crippen LogP contribution in [0.4, 0.5) is 5.69 Å². The van der Waals surface area contributed by atoms with Crippen LogP contribution in [0.1, 0.15) is 18.1 Å². The highest BCUT2D eigenvalue weighted by molar-refractivity contribution is 5.89. The van der Waals surface area contributed by atoms with Gasteiger partial charge in [0.05, 0.1) is 7.11 Å². The minimum absolute atomic E-state index is 0.165. The third-order valence-electron chi connectivity index (χ3n) is 3.81. The summed E-state index contributed by atoms with van der Waals surface area (Å²) >= 11 is 0. The lowest BCUT2D eigenvalue weighted by molar-refractivity contribution is 0.281. The van der Waals surface area contributed by atoms with Gasteiger partial charge < -0.3 is 20.5 Å². The highest BCUT2D eigenvalue weighted by atomic mass is 16.5. The van der Waals surface area contributed by atoms with Gasteiger partial charge in [-0.25, -0.2) is 4.99 Å². The van der Waals surface area contributed by atoms with Crippen LogP contribution >= 0.6 is 0 Å². The number of fused-ring (bicyclic) bond motifs is 1. The maximum atomic E-state index is 5.84. The van der Waals surface area contributed by atoms with Crippen molar-refractivity contribution in [3.8, 4) is 11.5 Å². The average molecular weight is 311 g/mol. The van der Waals surface area contributed by atoms with E-state index in [2.05, 4.69) is 22.4 Å². The second-order valence-corrected chi connectivity index (χ2v) is 5.55. The molecule has 1 unspecified atom stereocenters. The highest BCUT2D eigenvalue weighted by Gasteiger charge is 2.18. The second-order valence-electron chi connectivity index (χ2n) is 5.55. The third-order valence-corrected chi connectivity index (χ3v) is 3.81. The van der Waals surface area contributed by atoms with Gasteiger partial charge in [0.1, 0.15) is 23.0 Å². The number of nitrogens with two attached hydrogens (primary N) is 1. The Morgan fingerprint density at radius 2 is 1.83 bits per heavy atom. The number of hydrogen-bond donors (Lipinski definition) is 2. The Morgan fingerprint density at radius 1 is 1.13 bits per heavy atom. The van der Waals surface area contributed by atoms with Crippen LogP contribution in [0.2, 0.25) is 0 Å². The van der Waals surface area contributed by atoms with Gasteiger partial charge in [0.25, 0.3) is 0 Å². The molecule has 0 saturated carbocycles. The van der Waals surface area contributed by atoms with Gasteiger partial charge in [0, 0.05) is 13.1 Å². The van der Waals surface area contributed by atoms with Gasteiger partial charge in [-0.1, -0.05) is 18.2 Å². The number of methoxy groups -OCH3 is 1. The molecule has 1 aliphatic rings. The minimum Gasteiger partial charge on any atom is -0.497 e. The molecule has 1 aliphatic heterocycles. The van der Waals surface area contributed by atoms with E-state index in [0.717, 1.165) is 35.8 Å². The van der Waals surface area contributed by atoms with Crippen molar-refractivity contribution in [1.29, 1.82) is 0 Å². The summed E-state index contributed by atoms with van der Waals surface area (Å²) in [6, 6.07) is 14.0. The fourth-order valence-corrected chi connectivity index (χ4v) is 2.44. The Labute approximate surface area is 136 Å². The van der Waals surface area contributed by atoms with E-state index >= 15 is 0 Å². The number of hydrogen-bond acceptors (Lipinski definition) is 5. The Bertz CT molecular complexity index is 711. The normalized spacial score (nSPS) is 16.3. The first kappa shape index (κ1) is 15.4. The van der Waals surface area contributed by atoms with Gasteiger partial charge in [-0.2, -0.15) is 0 Å². The van der Waals surface area contributed by atoms with Crippen LogP contribution in [-0.2, 0) is 13.1 Å². The van der Waals surface area contributed by atoms with E-state index in [1.165, 1.54) is 5.56 Å². The van der Waals surface area contributed by atoms with Crippen molar-refractivity contribution in [3.63, 3.8) is 0 Å². The zero-order valence-electron chi connectivity index (χ0n) is 13.4. The Balaban J connectivity index is 1.60. The summed E-state index contributed by atoms with van der Waals surface area (Å²) in [7, 11) is 1.67. The number of benzene rings is 2. The van der Waals surface area contributed by atoms with Crippen LogP contribution in [0.3, 0.4) is 0 Å². The van der Waals surface area contributed by atoms with Crippen molar-refractivity contribution in [2.45, 2.75) is 26.1 Å². The van der Waals surface area contributed by atoms with E-state index in [9.17, 15) is 0 Å². The number of ether oxygens (including phenoxy) is 2. The van der Waals surface area contributed by atoms with E-state index in [0.29, 0.717) is 5.84 Å². The molecule has 0 aliphatic carbocycles. The molecule has 5 heteroatoms. The number of rotatable bonds is 5. The molecule has 0 amide bonds. The maximum absolute atomic E-state index is 5.84. The molecule has 0 aromatic heterocycles. The molecule has 0 bridgehead atoms. The molecule has 0 radical (unpaired) electrons. The summed E-state index contributed by atoms with van der Waals surface area (Å²) in [6.45, 7) is 3.44. The molecule has 1 atom stereocenters. The number of amidine groups is 1. The molecule has 3 N–H and O–H groups in total. The van der Waals surface area contributed by atoms with Gasteiger partial charge in [-0.05, 0) is 42.3 Å². The lowest BCUT2D eigenvalue weighted by Gasteiger charge is -2.21. The minimum atomic E-state index is -0.165. The summed E-state index contributed by atoms with van der Waals surface area (Å²) in [6.07, 6.45) is -0.165. The van der Waals surface area contributed by atoms with Gasteiger partial charge in [0.2, 0.25) is 0 Å². The largest absolute Gasteiger partial charge is 0.497 e. The van der Waals surface area contributed by atoms with Gasteiger partial charge >= 0.3 is 0 Å². The van der Waals surface area contributed by atoms with Crippen molar-refractivity contribution in [1.82, 2.24) is 5.32 Å². The van der Waals surface area contributed by atoms with Crippen LogP contribution < -0.4 is 20.5 Å². The smallest absolute Gasteiger partial charge is 0.153 e. The fourth-order valence-electron chi connectivity index (χ4n) is 2.44. The number of nitrogens with zero attached hydrogens (tertiary/aromatic N) is 1. The molecular formula is C18H21N3O2. The van der Waals surface area contributed by atoms with Gasteiger partial charge in [-0.3, -0.25) is 0 Å². The first-order valence-electron chi connectivity index (χ1n) is 7.63. The molecule has 3 rings (SSSR count). The molecule has 2 aromatic rings. The Kier molecular flexibility index (Phi) is 4.48. The summed E-state index contributed by atoms with van der Waals surface area (Å²) in [5.74, 6) is 2.17. The molecule has 0 spiro atoms. The third kappa shape index (κ3) is 3.63. The summed E-state index contributed by atoms with van der Waals surface area (Å²) in [5.41, 5.74) is 8.99. The van der Waals surface area contributed by atoms with Crippen LogP contribution in [-0.4, -0.2) is 19.0 Å². The predicted molar refractivity (Wildman–Crippen MR) is 91.4 cm³/mol. The van der Waals surface area contributed by atoms with Crippen molar-refractivity contribution in [3.05, 3.63) is 53.6 Å². The first-order chi connectivity index (χ1) is 11.2. The molecule has 1 heterocycles. The van der Waals surface area contributed by atoms with E-state index in [4.69, 9.17) is 15.2 Å². The van der Waals surface area contributed by atoms with Crippen LogP contribution in [0.5, 0.6) is 11.5 Å². The SMILES string of the molecule is COc1ccc(CNCc2ccc3c(c2)N=C(N)C(C)O3)cc1. The zero-order valence-corrected chi connectivity index (χ0v) is 13.4. The molecule has 5 nitrogen and oxygen atoms in total. The van der Waals surface area contributed by atoms with E-state index in [1.54, 1.807) is 7.11 Å². The molecule has 2 aromatic carbocycles. The monoisotopic (exact) mass is 311 g/mol. The van der Waals surface area contributed by atoms with E-state index < -0.39 is 0 Å². The van der Waals surface area contributed by atoms with Crippen molar-refractivity contribution in [2.75, 3.05) is 7.11 Å². The lowest BCUT2D eigenvalue weighted by Crippen LogP contribution is -2.33. The van der Waals surface area contributed by atoms with Gasteiger partial charge in [-0.15, -0.1) is 0 Å². The molecule has 0 fully saturated rings. The van der Waals surface area contributed by atoms with Crippen molar-refractivity contribution in [2.24, 2.45) is 10.7 Å². The zero-order chi connectivity index (χ0) is 16.2. The summed E-state index contributed by atoms with van der Waals surface area (Å²) in [4.78, 5) is 4.40. The van der Waals surface area contributed by atoms with Crippen molar-refractivity contribution < 1.29 is 9.47 Å². The molecular weight excluding hydrogens is 290 g/mol. The maximum Gasteiger partial charge on any atom is 0.153 e. The first-order valence-corrected chi connectivity index (χ1v) is 7.63. The standard InChI is InChI=1S/C18H21N3O2/c1-12-18(19)21-16-9-14(5-8-17(16)23-12)11-20-10-13-3-6-15(22-2)7-4-13/h3-9,12,20H,10-11H2,1-2H3,(H2,19,21). The number of aliphatic imine (C=N–C) groups is 1. The summed E-state index contributed by atoms with van der Waals surface area (Å²) < 4.78 is 10.9. The van der Waals surface area contributed by atoms with Crippen molar-refractivity contribution >= 4 is 11.5 Å². The quantitative estimate of drug-likeness (QED) is 0.891. The van der Waals surface area contributed by atoms with Crippen LogP contribution in [0, 0.1) is 0 Å². The topological polar surface area (TPSA) is 68.9 Å². The number of nitrogens with one attached hydrogen (secondary N) is 1. The molecule has 0 saturated heterocycles. The second kappa shape index (κ2) is 6.71. The van der Waals surface area contributed by atoms with Gasteiger partial charge in [0.15, 0.2) is 6.10 Å². The summed E-state index contributed by atoms with van der Waals surface area (Å²) in [5, 5.41) is 3.42.